The van der Waals surface area contributed by atoms with E-state index in [2.05, 4.69) is 0 Å². The average molecular weight is 342 g/mol. The van der Waals surface area contributed by atoms with Crippen molar-refractivity contribution in [3.05, 3.63) is 29.3 Å². The predicted molar refractivity (Wildman–Crippen MR) is 88.8 cm³/mol. The maximum absolute atomic E-state index is 12.0. The number of hydrogen-bond donors (Lipinski definition) is 1. The zero-order valence-electron chi connectivity index (χ0n) is 13.5. The molecule has 5 nitrogen and oxygen atoms in total. The van der Waals surface area contributed by atoms with E-state index >= 15 is 0 Å². The number of halogens is 1. The fourth-order valence-electron chi connectivity index (χ4n) is 2.63. The Morgan fingerprint density at radius 1 is 1.39 bits per heavy atom. The Kier molecular flexibility index (Phi) is 6.69. The second-order valence-corrected chi connectivity index (χ2v) is 6.28. The van der Waals surface area contributed by atoms with Crippen LogP contribution < -0.4 is 4.74 Å². The summed E-state index contributed by atoms with van der Waals surface area (Å²) in [6, 6.07) is 7.11. The van der Waals surface area contributed by atoms with Crippen LogP contribution in [0.25, 0.3) is 0 Å². The lowest BCUT2D eigenvalue weighted by molar-refractivity contribution is -0.136. The molecule has 1 aromatic rings. The third-order valence-electron chi connectivity index (χ3n) is 4.00. The van der Waals surface area contributed by atoms with Crippen molar-refractivity contribution < 1.29 is 19.4 Å². The highest BCUT2D eigenvalue weighted by Crippen LogP contribution is 2.25. The molecule has 1 unspecified atom stereocenters. The molecule has 1 fully saturated rings. The van der Waals surface area contributed by atoms with E-state index < -0.39 is 5.60 Å². The highest BCUT2D eigenvalue weighted by molar-refractivity contribution is 6.30. The summed E-state index contributed by atoms with van der Waals surface area (Å²) in [5.41, 5.74) is -0.928. The van der Waals surface area contributed by atoms with E-state index in [9.17, 15) is 9.90 Å². The Morgan fingerprint density at radius 3 is 2.96 bits per heavy atom. The molecular weight excluding hydrogens is 318 g/mol. The van der Waals surface area contributed by atoms with Gasteiger partial charge in [-0.05, 0) is 44.4 Å². The van der Waals surface area contributed by atoms with Crippen LogP contribution in [0.3, 0.4) is 0 Å². The highest BCUT2D eigenvalue weighted by atomic mass is 35.5. The lowest BCUT2D eigenvalue weighted by Crippen LogP contribution is -2.39. The van der Waals surface area contributed by atoms with Crippen molar-refractivity contribution in [1.82, 2.24) is 4.90 Å². The van der Waals surface area contributed by atoms with E-state index in [-0.39, 0.29) is 19.1 Å². The molecule has 1 atom stereocenters. The Balaban J connectivity index is 1.86. The summed E-state index contributed by atoms with van der Waals surface area (Å²) in [4.78, 5) is 13.8. The lowest BCUT2D eigenvalue weighted by atomic mass is 9.96. The van der Waals surface area contributed by atoms with Crippen molar-refractivity contribution in [3.8, 4) is 5.75 Å². The van der Waals surface area contributed by atoms with Gasteiger partial charge in [-0.15, -0.1) is 0 Å². The van der Waals surface area contributed by atoms with Gasteiger partial charge in [0.2, 0.25) is 5.91 Å². The fourth-order valence-corrected chi connectivity index (χ4v) is 2.81. The van der Waals surface area contributed by atoms with Gasteiger partial charge >= 0.3 is 0 Å². The largest absolute Gasteiger partial charge is 0.491 e. The summed E-state index contributed by atoms with van der Waals surface area (Å²) in [6.45, 7) is 3.85. The summed E-state index contributed by atoms with van der Waals surface area (Å²) in [5, 5.41) is 11.3. The van der Waals surface area contributed by atoms with E-state index in [0.29, 0.717) is 43.3 Å². The first-order valence-electron chi connectivity index (χ1n) is 7.99. The van der Waals surface area contributed by atoms with Crippen molar-refractivity contribution >= 4 is 17.5 Å². The average Bonchev–Trinajstić information content (AvgIpc) is 2.73. The van der Waals surface area contributed by atoms with Crippen LogP contribution >= 0.6 is 11.6 Å². The van der Waals surface area contributed by atoms with Gasteiger partial charge in [-0.1, -0.05) is 17.7 Å². The summed E-state index contributed by atoms with van der Waals surface area (Å²) < 4.78 is 10.8. The van der Waals surface area contributed by atoms with Crippen LogP contribution in [0.5, 0.6) is 5.75 Å². The van der Waals surface area contributed by atoms with Crippen LogP contribution in [0.1, 0.15) is 26.2 Å². The number of ether oxygens (including phenoxy) is 2. The molecule has 1 saturated heterocycles. The summed E-state index contributed by atoms with van der Waals surface area (Å²) in [7, 11) is 0. The quantitative estimate of drug-likeness (QED) is 0.863. The number of amides is 1. The number of hydrogen-bond acceptors (Lipinski definition) is 4. The van der Waals surface area contributed by atoms with Gasteiger partial charge in [0.25, 0.3) is 0 Å². The standard InChI is InChI=1S/C17H24ClNO4/c1-2-22-12-16(20)19-9-4-7-17(21,8-10-19)13-23-15-6-3-5-14(18)11-15/h3,5-6,11,21H,2,4,7-10,12-13H2,1H3. The van der Waals surface area contributed by atoms with E-state index in [1.54, 1.807) is 17.0 Å². The van der Waals surface area contributed by atoms with E-state index in [4.69, 9.17) is 21.1 Å². The van der Waals surface area contributed by atoms with Gasteiger partial charge in [-0.25, -0.2) is 0 Å². The van der Waals surface area contributed by atoms with Gasteiger partial charge in [0.15, 0.2) is 0 Å². The molecule has 1 N–H and O–H groups in total. The molecule has 0 spiro atoms. The maximum Gasteiger partial charge on any atom is 0.248 e. The molecule has 0 radical (unpaired) electrons. The molecule has 1 amide bonds. The molecule has 23 heavy (non-hydrogen) atoms. The van der Waals surface area contributed by atoms with Crippen LogP contribution in [-0.4, -0.2) is 54.4 Å². The van der Waals surface area contributed by atoms with Crippen molar-refractivity contribution in [2.75, 3.05) is 32.9 Å². The maximum atomic E-state index is 12.0. The molecule has 1 heterocycles. The molecule has 0 saturated carbocycles. The second-order valence-electron chi connectivity index (χ2n) is 5.84. The van der Waals surface area contributed by atoms with E-state index in [1.807, 2.05) is 19.1 Å². The monoisotopic (exact) mass is 341 g/mol. The molecule has 6 heteroatoms. The van der Waals surface area contributed by atoms with E-state index in [1.165, 1.54) is 0 Å². The van der Waals surface area contributed by atoms with Crippen LogP contribution in [0, 0.1) is 0 Å². The molecule has 2 rings (SSSR count). The smallest absolute Gasteiger partial charge is 0.248 e. The van der Waals surface area contributed by atoms with Crippen LogP contribution in [0.15, 0.2) is 24.3 Å². The number of nitrogens with zero attached hydrogens (tertiary/aromatic N) is 1. The minimum absolute atomic E-state index is 0.0214. The van der Waals surface area contributed by atoms with Gasteiger partial charge in [0.05, 0.1) is 0 Å². The zero-order chi connectivity index (χ0) is 16.7. The molecule has 1 aromatic carbocycles. The first-order chi connectivity index (χ1) is 11.0. The number of likely N-dealkylation sites (tertiary alicyclic amines) is 1. The molecule has 1 aliphatic rings. The number of carbonyl (C=O) groups excluding carboxylic acids is 1. The van der Waals surface area contributed by atoms with Crippen molar-refractivity contribution in [2.24, 2.45) is 0 Å². The van der Waals surface area contributed by atoms with Crippen LogP contribution in [0.4, 0.5) is 0 Å². The van der Waals surface area contributed by atoms with Gasteiger partial charge < -0.3 is 19.5 Å². The minimum Gasteiger partial charge on any atom is -0.491 e. The molecule has 0 bridgehead atoms. The third kappa shape index (κ3) is 5.68. The Morgan fingerprint density at radius 2 is 2.22 bits per heavy atom. The van der Waals surface area contributed by atoms with Gasteiger partial charge in [-0.2, -0.15) is 0 Å². The number of aliphatic hydroxyl groups is 1. The fraction of sp³-hybridized carbons (Fsp3) is 0.588. The van der Waals surface area contributed by atoms with E-state index in [0.717, 1.165) is 6.42 Å². The van der Waals surface area contributed by atoms with Gasteiger partial charge in [0, 0.05) is 24.7 Å². The molecule has 0 aromatic heterocycles. The summed E-state index contributed by atoms with van der Waals surface area (Å²) in [6.07, 6.45) is 1.84. The highest BCUT2D eigenvalue weighted by Gasteiger charge is 2.32. The SMILES string of the molecule is CCOCC(=O)N1CCCC(O)(COc2cccc(Cl)c2)CC1. The Labute approximate surface area is 142 Å². The van der Waals surface area contributed by atoms with Crippen molar-refractivity contribution in [2.45, 2.75) is 31.8 Å². The number of benzene rings is 1. The van der Waals surface area contributed by atoms with Crippen LogP contribution in [0.2, 0.25) is 5.02 Å². The molecule has 0 aliphatic carbocycles. The van der Waals surface area contributed by atoms with Crippen molar-refractivity contribution in [3.63, 3.8) is 0 Å². The first kappa shape index (κ1) is 18.0. The lowest BCUT2D eigenvalue weighted by Gasteiger charge is -2.27. The van der Waals surface area contributed by atoms with Crippen molar-refractivity contribution in [1.29, 1.82) is 0 Å². The Hall–Kier alpha value is -1.30. The number of rotatable bonds is 6. The third-order valence-corrected chi connectivity index (χ3v) is 4.24. The Bertz CT molecular complexity index is 525. The van der Waals surface area contributed by atoms with Gasteiger partial charge in [-0.3, -0.25) is 4.79 Å². The number of carbonyl (C=O) groups is 1. The predicted octanol–water partition coefficient (Wildman–Crippen LogP) is 2.50. The summed E-state index contributed by atoms with van der Waals surface area (Å²) >= 11 is 5.92. The topological polar surface area (TPSA) is 59.0 Å². The minimum atomic E-state index is -0.928. The first-order valence-corrected chi connectivity index (χ1v) is 8.36. The zero-order valence-corrected chi connectivity index (χ0v) is 14.2. The summed E-state index contributed by atoms with van der Waals surface area (Å²) in [5.74, 6) is 0.617. The second kappa shape index (κ2) is 8.52. The van der Waals surface area contributed by atoms with Gasteiger partial charge in [0.1, 0.15) is 24.6 Å². The molecule has 128 valence electrons. The normalized spacial score (nSPS) is 21.8. The molecular formula is C17H24ClNO4. The molecule has 1 aliphatic heterocycles. The van der Waals surface area contributed by atoms with Crippen LogP contribution in [-0.2, 0) is 9.53 Å².